The van der Waals surface area contributed by atoms with Gasteiger partial charge in [0.1, 0.15) is 5.02 Å². The summed E-state index contributed by atoms with van der Waals surface area (Å²) in [6.07, 6.45) is 1.82. The molecule has 0 unspecified atom stereocenters. The Bertz CT molecular complexity index is 618. The van der Waals surface area contributed by atoms with Gasteiger partial charge >= 0.3 is 5.97 Å². The van der Waals surface area contributed by atoms with Crippen molar-refractivity contribution in [2.24, 2.45) is 5.92 Å². The van der Waals surface area contributed by atoms with Crippen LogP contribution in [0.4, 0.5) is 5.69 Å². The molecule has 0 bridgehead atoms. The highest BCUT2D eigenvalue weighted by Crippen LogP contribution is 2.25. The number of nitrogens with one attached hydrogen (secondary N) is 1. The fourth-order valence-corrected chi connectivity index (χ4v) is 2.15. The molecule has 1 N–H and O–H groups in total. The highest BCUT2D eigenvalue weighted by atomic mass is 35.5. The van der Waals surface area contributed by atoms with E-state index in [0.717, 1.165) is 18.9 Å². The van der Waals surface area contributed by atoms with E-state index in [9.17, 15) is 19.7 Å². The summed E-state index contributed by atoms with van der Waals surface area (Å²) in [6.45, 7) is 5.63. The molecule has 0 radical (unpaired) electrons. The molecule has 24 heavy (non-hydrogen) atoms. The Balaban J connectivity index is 2.52. The number of benzene rings is 1. The minimum absolute atomic E-state index is 0.0183. The first-order chi connectivity index (χ1) is 11.2. The zero-order chi connectivity index (χ0) is 18.3. The van der Waals surface area contributed by atoms with E-state index in [4.69, 9.17) is 16.3 Å². The van der Waals surface area contributed by atoms with Gasteiger partial charge in [-0.15, -0.1) is 0 Å². The number of halogens is 1. The summed E-state index contributed by atoms with van der Waals surface area (Å²) in [5, 5.41) is 13.5. The van der Waals surface area contributed by atoms with Crippen LogP contribution in [0, 0.1) is 16.0 Å². The van der Waals surface area contributed by atoms with Crippen molar-refractivity contribution < 1.29 is 19.2 Å². The molecular weight excluding hydrogens is 336 g/mol. The van der Waals surface area contributed by atoms with Crippen molar-refractivity contribution in [2.75, 3.05) is 6.61 Å². The lowest BCUT2D eigenvalue weighted by Gasteiger charge is -2.15. The molecule has 0 fully saturated rings. The van der Waals surface area contributed by atoms with Crippen LogP contribution in [0.2, 0.25) is 5.02 Å². The number of hydrogen-bond acceptors (Lipinski definition) is 5. The topological polar surface area (TPSA) is 98.5 Å². The van der Waals surface area contributed by atoms with Crippen molar-refractivity contribution in [3.63, 3.8) is 0 Å². The van der Waals surface area contributed by atoms with E-state index in [-0.39, 0.29) is 16.6 Å². The highest BCUT2D eigenvalue weighted by molar-refractivity contribution is 6.32. The molecule has 132 valence electrons. The van der Waals surface area contributed by atoms with Crippen LogP contribution in [0.1, 0.15) is 44.0 Å². The third kappa shape index (κ3) is 6.54. The van der Waals surface area contributed by atoms with Gasteiger partial charge in [-0.05, 0) is 37.8 Å². The maximum absolute atomic E-state index is 11.9. The van der Waals surface area contributed by atoms with E-state index in [2.05, 4.69) is 19.2 Å². The fourth-order valence-electron chi connectivity index (χ4n) is 1.97. The van der Waals surface area contributed by atoms with Gasteiger partial charge in [-0.2, -0.15) is 0 Å². The standard InChI is InChI=1S/C16H21ClN2O5/c1-10(2)4-5-11(3)18-15(20)9-24-16(21)12-6-7-13(17)14(8-12)19(22)23/h6-8,10-11H,4-5,9H2,1-3H3,(H,18,20)/t11-/m0/s1. The van der Waals surface area contributed by atoms with Crippen LogP contribution in [-0.2, 0) is 9.53 Å². The molecule has 1 rings (SSSR count). The molecular formula is C16H21ClN2O5. The predicted octanol–water partition coefficient (Wildman–Crippen LogP) is 3.35. The van der Waals surface area contributed by atoms with Gasteiger partial charge in [0.15, 0.2) is 6.61 Å². The van der Waals surface area contributed by atoms with E-state index in [0.29, 0.717) is 5.92 Å². The lowest BCUT2D eigenvalue weighted by molar-refractivity contribution is -0.384. The number of nitro benzene ring substituents is 1. The van der Waals surface area contributed by atoms with Crippen LogP contribution in [0.25, 0.3) is 0 Å². The van der Waals surface area contributed by atoms with Gasteiger partial charge in [0, 0.05) is 12.1 Å². The smallest absolute Gasteiger partial charge is 0.338 e. The van der Waals surface area contributed by atoms with Crippen molar-refractivity contribution >= 4 is 29.2 Å². The SMILES string of the molecule is CC(C)CC[C@H](C)NC(=O)COC(=O)c1ccc(Cl)c([N+](=O)[O-])c1. The predicted molar refractivity (Wildman–Crippen MR) is 90.1 cm³/mol. The summed E-state index contributed by atoms with van der Waals surface area (Å²) >= 11 is 5.67. The fraction of sp³-hybridized carbons (Fsp3) is 0.500. The number of carbonyl (C=O) groups excluding carboxylic acids is 2. The lowest BCUT2D eigenvalue weighted by Crippen LogP contribution is -2.36. The number of carbonyl (C=O) groups is 2. The zero-order valence-electron chi connectivity index (χ0n) is 13.9. The molecule has 1 aromatic rings. The maximum atomic E-state index is 11.9. The summed E-state index contributed by atoms with van der Waals surface area (Å²) < 4.78 is 4.87. The number of esters is 1. The molecule has 0 saturated heterocycles. The van der Waals surface area contributed by atoms with E-state index >= 15 is 0 Å². The quantitative estimate of drug-likeness (QED) is 0.437. The van der Waals surface area contributed by atoms with Gasteiger partial charge in [-0.3, -0.25) is 14.9 Å². The first kappa shape index (κ1) is 19.9. The first-order valence-electron chi connectivity index (χ1n) is 7.61. The van der Waals surface area contributed by atoms with Crippen molar-refractivity contribution in [2.45, 2.75) is 39.7 Å². The molecule has 1 aromatic carbocycles. The Hall–Kier alpha value is -2.15. The average Bonchev–Trinajstić information content (AvgIpc) is 2.50. The van der Waals surface area contributed by atoms with E-state index in [1.54, 1.807) is 0 Å². The Morgan fingerprint density at radius 2 is 1.96 bits per heavy atom. The van der Waals surface area contributed by atoms with Gasteiger partial charge in [0.25, 0.3) is 11.6 Å². The van der Waals surface area contributed by atoms with Gasteiger partial charge in [0.05, 0.1) is 10.5 Å². The Morgan fingerprint density at radius 3 is 2.54 bits per heavy atom. The summed E-state index contributed by atoms with van der Waals surface area (Å²) in [5.74, 6) is -0.689. The average molecular weight is 357 g/mol. The molecule has 8 heteroatoms. The zero-order valence-corrected chi connectivity index (χ0v) is 14.6. The van der Waals surface area contributed by atoms with Gasteiger partial charge in [0.2, 0.25) is 0 Å². The molecule has 1 atom stereocenters. The second-order valence-electron chi connectivity index (χ2n) is 5.94. The van der Waals surface area contributed by atoms with Gasteiger partial charge < -0.3 is 10.1 Å². The molecule has 0 saturated carbocycles. The second-order valence-corrected chi connectivity index (χ2v) is 6.35. The molecule has 0 aliphatic heterocycles. The number of rotatable bonds is 8. The number of amides is 1. The minimum Gasteiger partial charge on any atom is -0.452 e. The molecule has 1 amide bonds. The Labute approximate surface area is 145 Å². The summed E-state index contributed by atoms with van der Waals surface area (Å²) in [6, 6.07) is 3.55. The van der Waals surface area contributed by atoms with Gasteiger partial charge in [-0.1, -0.05) is 25.4 Å². The van der Waals surface area contributed by atoms with E-state index < -0.39 is 29.1 Å². The Morgan fingerprint density at radius 1 is 1.29 bits per heavy atom. The van der Waals surface area contributed by atoms with Crippen LogP contribution < -0.4 is 5.32 Å². The number of hydrogen-bond donors (Lipinski definition) is 1. The third-order valence-corrected chi connectivity index (χ3v) is 3.62. The first-order valence-corrected chi connectivity index (χ1v) is 7.99. The maximum Gasteiger partial charge on any atom is 0.338 e. The second kappa shape index (κ2) is 9.22. The minimum atomic E-state index is -0.820. The molecule has 7 nitrogen and oxygen atoms in total. The number of nitrogens with zero attached hydrogens (tertiary/aromatic N) is 1. The van der Waals surface area contributed by atoms with Crippen LogP contribution in [0.15, 0.2) is 18.2 Å². The molecule has 0 aliphatic rings. The van der Waals surface area contributed by atoms with Crippen LogP contribution in [0.3, 0.4) is 0 Å². The summed E-state index contributed by atoms with van der Waals surface area (Å²) in [5.41, 5.74) is -0.426. The van der Waals surface area contributed by atoms with Crippen molar-refractivity contribution in [3.8, 4) is 0 Å². The lowest BCUT2D eigenvalue weighted by atomic mass is 10.0. The summed E-state index contributed by atoms with van der Waals surface area (Å²) in [4.78, 5) is 33.7. The van der Waals surface area contributed by atoms with E-state index in [1.807, 2.05) is 6.92 Å². The normalized spacial score (nSPS) is 11.9. The molecule has 0 aliphatic carbocycles. The van der Waals surface area contributed by atoms with Gasteiger partial charge in [-0.25, -0.2) is 4.79 Å². The third-order valence-electron chi connectivity index (χ3n) is 3.30. The van der Waals surface area contributed by atoms with Crippen molar-refractivity contribution in [3.05, 3.63) is 38.9 Å². The molecule has 0 heterocycles. The summed E-state index contributed by atoms with van der Waals surface area (Å²) in [7, 11) is 0. The Kier molecular flexibility index (Phi) is 7.64. The van der Waals surface area contributed by atoms with E-state index in [1.165, 1.54) is 12.1 Å². The number of nitro groups is 1. The van der Waals surface area contributed by atoms with Crippen molar-refractivity contribution in [1.82, 2.24) is 5.32 Å². The van der Waals surface area contributed by atoms with Crippen LogP contribution in [-0.4, -0.2) is 29.4 Å². The number of ether oxygens (including phenoxy) is 1. The molecule has 0 spiro atoms. The largest absolute Gasteiger partial charge is 0.452 e. The van der Waals surface area contributed by atoms with Crippen LogP contribution in [0.5, 0.6) is 0 Å². The molecule has 0 aromatic heterocycles. The van der Waals surface area contributed by atoms with Crippen molar-refractivity contribution in [1.29, 1.82) is 0 Å². The monoisotopic (exact) mass is 356 g/mol. The highest BCUT2D eigenvalue weighted by Gasteiger charge is 2.18. The van der Waals surface area contributed by atoms with Crippen LogP contribution >= 0.6 is 11.6 Å².